The number of rotatable bonds is 9. The van der Waals surface area contributed by atoms with Crippen molar-refractivity contribution in [1.82, 2.24) is 5.32 Å². The zero-order valence-corrected chi connectivity index (χ0v) is 17.4. The number of methoxy groups -OCH3 is 1. The van der Waals surface area contributed by atoms with E-state index in [1.54, 1.807) is 27.9 Å². The van der Waals surface area contributed by atoms with Crippen LogP contribution in [0, 0.1) is 0 Å². The zero-order chi connectivity index (χ0) is 20.0. The summed E-state index contributed by atoms with van der Waals surface area (Å²) >= 11 is 0. The van der Waals surface area contributed by atoms with Crippen LogP contribution in [-0.2, 0) is 18.4 Å². The van der Waals surface area contributed by atoms with Crippen LogP contribution in [0.1, 0.15) is 39.2 Å². The van der Waals surface area contributed by atoms with Gasteiger partial charge < -0.3 is 19.1 Å². The molecule has 27 heavy (non-hydrogen) atoms. The van der Waals surface area contributed by atoms with Crippen molar-refractivity contribution in [2.75, 3.05) is 20.3 Å². The van der Waals surface area contributed by atoms with Gasteiger partial charge in [-0.2, -0.15) is 0 Å². The van der Waals surface area contributed by atoms with Crippen molar-refractivity contribution >= 4 is 24.3 Å². The highest BCUT2D eigenvalue weighted by Gasteiger charge is 2.34. The molecule has 0 saturated carbocycles. The predicted octanol–water partition coefficient (Wildman–Crippen LogP) is 4.68. The Morgan fingerprint density at radius 2 is 1.63 bits per heavy atom. The van der Waals surface area contributed by atoms with Crippen molar-refractivity contribution in [2.24, 2.45) is 0 Å². The summed E-state index contributed by atoms with van der Waals surface area (Å²) in [5.41, 5.74) is 0.875. The molecule has 0 aliphatic heterocycles. The fourth-order valence-corrected chi connectivity index (χ4v) is 4.35. The van der Waals surface area contributed by atoms with E-state index in [0.717, 1.165) is 22.1 Å². The van der Waals surface area contributed by atoms with Crippen LogP contribution in [0.5, 0.6) is 5.75 Å². The molecule has 1 N–H and O–H groups in total. The molecule has 2 rings (SSSR count). The van der Waals surface area contributed by atoms with E-state index >= 15 is 0 Å². The van der Waals surface area contributed by atoms with Crippen molar-refractivity contribution in [3.05, 3.63) is 42.0 Å². The van der Waals surface area contributed by atoms with Crippen LogP contribution in [0.15, 0.2) is 36.4 Å². The Labute approximate surface area is 160 Å². The lowest BCUT2D eigenvalue weighted by molar-refractivity contribution is -0.122. The third-order valence-corrected chi connectivity index (χ3v) is 6.72. The van der Waals surface area contributed by atoms with Crippen LogP contribution >= 0.6 is 7.60 Å². The first-order chi connectivity index (χ1) is 12.8. The molecule has 2 aromatic rings. The molecular formula is C20H28NO5P. The van der Waals surface area contributed by atoms with Gasteiger partial charge in [0, 0.05) is 0 Å². The highest BCUT2D eigenvalue weighted by molar-refractivity contribution is 7.54. The highest BCUT2D eigenvalue weighted by Crippen LogP contribution is 2.51. The van der Waals surface area contributed by atoms with Crippen LogP contribution in [-0.4, -0.2) is 32.0 Å². The molecule has 0 fully saturated rings. The van der Waals surface area contributed by atoms with Crippen molar-refractivity contribution in [3.63, 3.8) is 0 Å². The van der Waals surface area contributed by atoms with Gasteiger partial charge in [-0.1, -0.05) is 24.3 Å². The van der Waals surface area contributed by atoms with Crippen LogP contribution in [0.2, 0.25) is 0 Å². The van der Waals surface area contributed by atoms with Crippen LogP contribution in [0.4, 0.5) is 0 Å². The van der Waals surface area contributed by atoms with Gasteiger partial charge in [0.25, 0.3) is 0 Å². The molecule has 0 radical (unpaired) electrons. The Kier molecular flexibility index (Phi) is 7.42. The number of amides is 1. The van der Waals surface area contributed by atoms with E-state index in [1.165, 1.54) is 0 Å². The molecule has 0 aliphatic rings. The Balaban J connectivity index is 2.16. The summed E-state index contributed by atoms with van der Waals surface area (Å²) < 4.78 is 28.6. The van der Waals surface area contributed by atoms with E-state index in [0.29, 0.717) is 0 Å². The molecule has 2 atom stereocenters. The molecule has 0 bridgehead atoms. The SMILES string of the molecule is CCOP(=O)(OCC)[C@H](C)NC(=O)[C@H](C)c1ccc2cc(OC)ccc2c1. The van der Waals surface area contributed by atoms with E-state index in [2.05, 4.69) is 5.32 Å². The van der Waals surface area contributed by atoms with Gasteiger partial charge in [-0.15, -0.1) is 0 Å². The summed E-state index contributed by atoms with van der Waals surface area (Å²) in [6, 6.07) is 11.7. The first-order valence-electron chi connectivity index (χ1n) is 9.11. The second kappa shape index (κ2) is 9.36. The van der Waals surface area contributed by atoms with Gasteiger partial charge in [0.15, 0.2) is 0 Å². The lowest BCUT2D eigenvalue weighted by Crippen LogP contribution is -2.36. The van der Waals surface area contributed by atoms with Gasteiger partial charge in [0.2, 0.25) is 5.91 Å². The van der Waals surface area contributed by atoms with Crippen LogP contribution in [0.3, 0.4) is 0 Å². The molecule has 0 aromatic heterocycles. The molecule has 1 amide bonds. The van der Waals surface area contributed by atoms with E-state index in [1.807, 2.05) is 43.3 Å². The Hall–Kier alpha value is -1.88. The van der Waals surface area contributed by atoms with Gasteiger partial charge in [0.1, 0.15) is 11.5 Å². The van der Waals surface area contributed by atoms with Gasteiger partial charge >= 0.3 is 7.60 Å². The standard InChI is InChI=1S/C20H28NO5P/c1-6-25-27(23,26-7-2)15(4)21-20(22)14(3)16-8-9-18-13-19(24-5)11-10-17(18)12-16/h8-15H,6-7H2,1-5H3,(H,21,22)/t14-,15-/m1/s1. The smallest absolute Gasteiger partial charge is 0.352 e. The largest absolute Gasteiger partial charge is 0.497 e. The monoisotopic (exact) mass is 393 g/mol. The molecule has 0 heterocycles. The number of hydrogen-bond acceptors (Lipinski definition) is 5. The predicted molar refractivity (Wildman–Crippen MR) is 107 cm³/mol. The average Bonchev–Trinajstić information content (AvgIpc) is 2.66. The fraction of sp³-hybridized carbons (Fsp3) is 0.450. The summed E-state index contributed by atoms with van der Waals surface area (Å²) in [4.78, 5) is 12.7. The number of nitrogens with one attached hydrogen (secondary N) is 1. The molecule has 0 spiro atoms. The van der Waals surface area contributed by atoms with Crippen molar-refractivity contribution in [3.8, 4) is 5.75 Å². The maximum Gasteiger partial charge on any atom is 0.352 e. The number of hydrogen-bond donors (Lipinski definition) is 1. The van der Waals surface area contributed by atoms with Gasteiger partial charge in [-0.05, 0) is 56.2 Å². The van der Waals surface area contributed by atoms with Crippen molar-refractivity contribution in [2.45, 2.75) is 39.4 Å². The average molecular weight is 393 g/mol. The second-order valence-electron chi connectivity index (χ2n) is 6.25. The Morgan fingerprint density at radius 1 is 1.04 bits per heavy atom. The molecule has 0 aliphatic carbocycles. The normalized spacial score (nSPS) is 14.0. The van der Waals surface area contributed by atoms with Gasteiger partial charge in [0.05, 0.1) is 26.2 Å². The van der Waals surface area contributed by atoms with E-state index in [9.17, 15) is 9.36 Å². The molecule has 0 saturated heterocycles. The fourth-order valence-electron chi connectivity index (χ4n) is 2.82. The third-order valence-electron chi connectivity index (χ3n) is 4.41. The first-order valence-corrected chi connectivity index (χ1v) is 10.7. The molecule has 6 nitrogen and oxygen atoms in total. The second-order valence-corrected chi connectivity index (χ2v) is 8.62. The van der Waals surface area contributed by atoms with E-state index in [4.69, 9.17) is 13.8 Å². The van der Waals surface area contributed by atoms with Gasteiger partial charge in [-0.3, -0.25) is 9.36 Å². The molecular weight excluding hydrogens is 365 g/mol. The summed E-state index contributed by atoms with van der Waals surface area (Å²) in [6.45, 7) is 7.45. The number of fused-ring (bicyclic) bond motifs is 1. The number of ether oxygens (including phenoxy) is 1. The minimum absolute atomic E-state index is 0.227. The van der Waals surface area contributed by atoms with Crippen molar-refractivity contribution in [1.29, 1.82) is 0 Å². The minimum atomic E-state index is -3.39. The molecule has 2 aromatic carbocycles. The zero-order valence-electron chi connectivity index (χ0n) is 16.5. The lowest BCUT2D eigenvalue weighted by Gasteiger charge is -2.25. The molecule has 148 valence electrons. The van der Waals surface area contributed by atoms with Crippen LogP contribution < -0.4 is 10.1 Å². The van der Waals surface area contributed by atoms with Crippen molar-refractivity contribution < 1.29 is 23.1 Å². The first kappa shape index (κ1) is 21.4. The Morgan fingerprint density at radius 3 is 2.22 bits per heavy atom. The van der Waals surface area contributed by atoms with Crippen LogP contribution in [0.25, 0.3) is 10.8 Å². The topological polar surface area (TPSA) is 73.9 Å². The third kappa shape index (κ3) is 5.10. The maximum absolute atomic E-state index is 12.8. The maximum atomic E-state index is 12.8. The number of carbonyl (C=O) groups is 1. The number of carbonyl (C=O) groups excluding carboxylic acids is 1. The van der Waals surface area contributed by atoms with Gasteiger partial charge in [-0.25, -0.2) is 0 Å². The molecule has 0 unspecified atom stereocenters. The minimum Gasteiger partial charge on any atom is -0.497 e. The van der Waals surface area contributed by atoms with E-state index in [-0.39, 0.29) is 19.1 Å². The molecule has 7 heteroatoms. The summed E-state index contributed by atoms with van der Waals surface area (Å²) in [6.07, 6.45) is 0. The number of benzene rings is 2. The van der Waals surface area contributed by atoms with E-state index < -0.39 is 19.3 Å². The summed E-state index contributed by atoms with van der Waals surface area (Å²) in [5, 5.41) is 4.84. The quantitative estimate of drug-likeness (QED) is 0.626. The highest BCUT2D eigenvalue weighted by atomic mass is 31.2. The summed E-state index contributed by atoms with van der Waals surface area (Å²) in [5.74, 6) is -0.569. The summed E-state index contributed by atoms with van der Waals surface area (Å²) in [7, 11) is -1.76. The lowest BCUT2D eigenvalue weighted by atomic mass is 9.97. The Bertz CT molecular complexity index is 828.